The Kier molecular flexibility index (Phi) is 7.66. The molecule has 2 aromatic heterocycles. The first-order chi connectivity index (χ1) is 23.4. The Balaban J connectivity index is 0.856. The molecule has 254 valence electrons. The number of hydrogen-bond acceptors (Lipinski definition) is 10. The fourth-order valence-electron chi connectivity index (χ4n) is 9.65. The maximum absolute atomic E-state index is 14.6. The van der Waals surface area contributed by atoms with Crippen molar-refractivity contribution in [1.29, 1.82) is 0 Å². The summed E-state index contributed by atoms with van der Waals surface area (Å²) in [5.41, 5.74) is 2.80. The topological polar surface area (TPSA) is 92.6 Å². The van der Waals surface area contributed by atoms with E-state index in [1.807, 2.05) is 6.07 Å². The van der Waals surface area contributed by atoms with E-state index in [0.29, 0.717) is 46.6 Å². The molecule has 11 heteroatoms. The smallest absolute Gasteiger partial charge is 0.282 e. The molecular weight excluding hydrogens is 607 g/mol. The molecule has 4 saturated heterocycles. The molecule has 6 fully saturated rings. The molecule has 1 aromatic carbocycles. The molecule has 3 aromatic rings. The highest BCUT2D eigenvalue weighted by molar-refractivity contribution is 5.71. The van der Waals surface area contributed by atoms with E-state index >= 15 is 0 Å². The maximum Gasteiger partial charge on any atom is 0.282 e. The van der Waals surface area contributed by atoms with Gasteiger partial charge in [-0.05, 0) is 98.9 Å². The highest BCUT2D eigenvalue weighted by Crippen LogP contribution is 2.50. The van der Waals surface area contributed by atoms with Crippen molar-refractivity contribution in [1.82, 2.24) is 35.2 Å². The van der Waals surface area contributed by atoms with E-state index in [1.165, 1.54) is 63.7 Å². The lowest BCUT2D eigenvalue weighted by Gasteiger charge is -2.58. The number of hydrogen-bond donors (Lipinski definition) is 0. The number of likely N-dealkylation sites (tertiary alicyclic amines) is 2. The average molecular weight is 655 g/mol. The minimum absolute atomic E-state index is 0.233. The van der Waals surface area contributed by atoms with Crippen molar-refractivity contribution in [3.63, 3.8) is 0 Å². The van der Waals surface area contributed by atoms with Crippen LogP contribution in [-0.2, 0) is 4.74 Å². The van der Waals surface area contributed by atoms with Crippen molar-refractivity contribution in [3.05, 3.63) is 48.2 Å². The third-order valence-corrected chi connectivity index (χ3v) is 12.5. The van der Waals surface area contributed by atoms with Gasteiger partial charge in [0.1, 0.15) is 23.6 Å². The van der Waals surface area contributed by atoms with Crippen molar-refractivity contribution in [3.8, 4) is 22.9 Å². The van der Waals surface area contributed by atoms with E-state index in [-0.39, 0.29) is 16.8 Å². The molecule has 0 N–H and O–H groups in total. The number of anilines is 1. The molecule has 2 saturated carbocycles. The molecule has 2 aliphatic carbocycles. The van der Waals surface area contributed by atoms with Gasteiger partial charge in [0.2, 0.25) is 0 Å². The second-order valence-electron chi connectivity index (χ2n) is 16.0. The Morgan fingerprint density at radius 1 is 0.958 bits per heavy atom. The summed E-state index contributed by atoms with van der Waals surface area (Å²) in [6.45, 7) is 12.3. The van der Waals surface area contributed by atoms with Gasteiger partial charge in [-0.3, -0.25) is 4.90 Å². The fourth-order valence-corrected chi connectivity index (χ4v) is 9.65. The zero-order valence-electron chi connectivity index (χ0n) is 28.2. The van der Waals surface area contributed by atoms with Gasteiger partial charge in [-0.15, -0.1) is 10.2 Å². The van der Waals surface area contributed by atoms with Gasteiger partial charge in [-0.1, -0.05) is 13.8 Å². The van der Waals surface area contributed by atoms with E-state index < -0.39 is 0 Å². The molecule has 0 unspecified atom stereocenters. The van der Waals surface area contributed by atoms with Crippen LogP contribution in [0.3, 0.4) is 0 Å². The normalized spacial score (nSPS) is 27.1. The van der Waals surface area contributed by atoms with Gasteiger partial charge in [-0.2, -0.15) is 10.2 Å². The summed E-state index contributed by atoms with van der Waals surface area (Å²) in [7, 11) is 0. The molecule has 9 rings (SSSR count). The Bertz CT molecular complexity index is 1640. The highest BCUT2D eigenvalue weighted by Gasteiger charge is 2.53. The van der Waals surface area contributed by atoms with Crippen LogP contribution >= 0.6 is 0 Å². The van der Waals surface area contributed by atoms with Gasteiger partial charge in [0.25, 0.3) is 5.88 Å². The average Bonchev–Trinajstić information content (AvgIpc) is 3.80. The standard InChI is InChI=1S/C37H47FN8O2/c1-24(2)33(26-17-28(18-26)44-14-9-37(10-15-44)11-16-47-37)46-21-36(22-46)8-13-45(20-36)34-35(43-41-23-39-34)48-31-6-5-27(38)19-30(31)32-29(25-3-4-25)7-12-40-42-32/h5-7,12,19,23-26,28,33H,3-4,8-11,13-18,20-22H2,1-2H3/t26?,28?,33-/m0/s1. The summed E-state index contributed by atoms with van der Waals surface area (Å²) < 4.78 is 27.0. The minimum atomic E-state index is -0.348. The quantitative estimate of drug-likeness (QED) is 0.286. The second kappa shape index (κ2) is 11.9. The number of nitrogens with zero attached hydrogens (tertiary/aromatic N) is 8. The van der Waals surface area contributed by atoms with Crippen LogP contribution in [0.15, 0.2) is 36.8 Å². The lowest BCUT2D eigenvalue weighted by molar-refractivity contribution is -0.179. The number of aromatic nitrogens is 5. The van der Waals surface area contributed by atoms with Gasteiger partial charge in [0, 0.05) is 68.5 Å². The first-order valence-corrected chi connectivity index (χ1v) is 18.2. The Morgan fingerprint density at radius 3 is 2.50 bits per heavy atom. The SMILES string of the molecule is CC(C)[C@@H](C1CC(N2CCC3(CCO3)CC2)C1)N1CC2(CCN(c3ncnnc3Oc3ccc(F)cc3-c3nnccc3C3CC3)C2)C1. The lowest BCUT2D eigenvalue weighted by atomic mass is 9.67. The predicted octanol–water partition coefficient (Wildman–Crippen LogP) is 5.71. The number of halogens is 1. The summed E-state index contributed by atoms with van der Waals surface area (Å²) in [5, 5.41) is 17.0. The van der Waals surface area contributed by atoms with E-state index in [0.717, 1.165) is 69.6 Å². The zero-order chi connectivity index (χ0) is 32.5. The van der Waals surface area contributed by atoms with Crippen molar-refractivity contribution >= 4 is 5.82 Å². The van der Waals surface area contributed by atoms with Crippen molar-refractivity contribution in [2.75, 3.05) is 50.8 Å². The van der Waals surface area contributed by atoms with Gasteiger partial charge < -0.3 is 19.3 Å². The molecule has 0 radical (unpaired) electrons. The number of ether oxygens (including phenoxy) is 2. The van der Waals surface area contributed by atoms with Crippen LogP contribution in [0.2, 0.25) is 0 Å². The molecule has 48 heavy (non-hydrogen) atoms. The van der Waals surface area contributed by atoms with Crippen LogP contribution < -0.4 is 9.64 Å². The van der Waals surface area contributed by atoms with Crippen LogP contribution in [0.25, 0.3) is 11.3 Å². The van der Waals surface area contributed by atoms with Crippen molar-refractivity contribution in [2.24, 2.45) is 17.3 Å². The summed E-state index contributed by atoms with van der Waals surface area (Å²) in [6, 6.07) is 7.91. The Labute approximate surface area is 282 Å². The molecular formula is C37H47FN8O2. The third kappa shape index (κ3) is 5.55. The van der Waals surface area contributed by atoms with E-state index in [9.17, 15) is 4.39 Å². The molecule has 6 aliphatic rings. The summed E-state index contributed by atoms with van der Waals surface area (Å²) >= 11 is 0. The summed E-state index contributed by atoms with van der Waals surface area (Å²) in [6.07, 6.45) is 12.9. The van der Waals surface area contributed by atoms with Gasteiger partial charge in [0.15, 0.2) is 5.82 Å². The first-order valence-electron chi connectivity index (χ1n) is 18.2. The number of rotatable bonds is 9. The highest BCUT2D eigenvalue weighted by atomic mass is 19.1. The largest absolute Gasteiger partial charge is 0.434 e. The van der Waals surface area contributed by atoms with Crippen LogP contribution in [0.5, 0.6) is 11.6 Å². The number of benzene rings is 1. The van der Waals surface area contributed by atoms with Crippen LogP contribution in [-0.4, -0.2) is 98.7 Å². The van der Waals surface area contributed by atoms with E-state index in [1.54, 1.807) is 12.3 Å². The Morgan fingerprint density at radius 2 is 1.77 bits per heavy atom. The second-order valence-corrected chi connectivity index (χ2v) is 16.0. The van der Waals surface area contributed by atoms with Gasteiger partial charge in [-0.25, -0.2) is 9.37 Å². The Hall–Kier alpha value is -3.28. The van der Waals surface area contributed by atoms with Crippen LogP contribution in [0.4, 0.5) is 10.2 Å². The van der Waals surface area contributed by atoms with Gasteiger partial charge in [0.05, 0.1) is 12.2 Å². The molecule has 1 atom stereocenters. The summed E-state index contributed by atoms with van der Waals surface area (Å²) in [5.74, 6) is 3.01. The monoisotopic (exact) mass is 654 g/mol. The molecule has 6 heterocycles. The summed E-state index contributed by atoms with van der Waals surface area (Å²) in [4.78, 5) is 12.5. The van der Waals surface area contributed by atoms with E-state index in [2.05, 4.69) is 53.9 Å². The maximum atomic E-state index is 14.6. The van der Waals surface area contributed by atoms with Crippen molar-refractivity contribution in [2.45, 2.75) is 88.8 Å². The van der Waals surface area contributed by atoms with Crippen LogP contribution in [0, 0.1) is 23.1 Å². The first kappa shape index (κ1) is 30.8. The molecule has 0 bridgehead atoms. The predicted molar refractivity (Wildman–Crippen MR) is 179 cm³/mol. The third-order valence-electron chi connectivity index (χ3n) is 12.5. The minimum Gasteiger partial charge on any atom is -0.434 e. The number of piperidine rings is 1. The van der Waals surface area contributed by atoms with Crippen LogP contribution in [0.1, 0.15) is 76.7 Å². The van der Waals surface area contributed by atoms with E-state index in [4.69, 9.17) is 9.47 Å². The lowest BCUT2D eigenvalue weighted by Crippen LogP contribution is -2.66. The molecule has 10 nitrogen and oxygen atoms in total. The van der Waals surface area contributed by atoms with Crippen molar-refractivity contribution < 1.29 is 13.9 Å². The molecule has 2 spiro atoms. The zero-order valence-corrected chi connectivity index (χ0v) is 28.2. The van der Waals surface area contributed by atoms with Gasteiger partial charge >= 0.3 is 0 Å². The fraction of sp³-hybridized carbons (Fsp3) is 0.649. The molecule has 0 amide bonds. The molecule has 4 aliphatic heterocycles.